The summed E-state index contributed by atoms with van der Waals surface area (Å²) in [7, 11) is 0. The summed E-state index contributed by atoms with van der Waals surface area (Å²) >= 11 is 5.94. The fourth-order valence-corrected chi connectivity index (χ4v) is 2.98. The van der Waals surface area contributed by atoms with Crippen LogP contribution in [0, 0.1) is 5.82 Å². The number of benzene rings is 1. The molecule has 1 aromatic carbocycles. The lowest BCUT2D eigenvalue weighted by Gasteiger charge is -2.38. The Morgan fingerprint density at radius 2 is 2.10 bits per heavy atom. The van der Waals surface area contributed by atoms with Gasteiger partial charge in [0.05, 0.1) is 30.3 Å². The number of amides is 1. The van der Waals surface area contributed by atoms with Gasteiger partial charge in [0.2, 0.25) is 0 Å². The Kier molecular flexibility index (Phi) is 3.67. The molecule has 2 fully saturated rings. The normalized spacial score (nSPS) is 21.4. The van der Waals surface area contributed by atoms with Gasteiger partial charge in [0.25, 0.3) is 5.91 Å². The van der Waals surface area contributed by atoms with Crippen LogP contribution in [0.15, 0.2) is 18.2 Å². The van der Waals surface area contributed by atoms with E-state index in [9.17, 15) is 9.18 Å². The molecule has 1 amide bonds. The van der Waals surface area contributed by atoms with E-state index < -0.39 is 11.6 Å². The monoisotopic (exact) mass is 299 g/mol. The van der Waals surface area contributed by atoms with Crippen molar-refractivity contribution in [1.82, 2.24) is 4.90 Å². The predicted octanol–water partition coefficient (Wildman–Crippen LogP) is 2.46. The van der Waals surface area contributed by atoms with Gasteiger partial charge in [-0.2, -0.15) is 0 Å². The molecular formula is C14H15ClFNO3. The average Bonchev–Trinajstić information content (AvgIpc) is 2.86. The van der Waals surface area contributed by atoms with E-state index in [0.717, 1.165) is 18.9 Å². The minimum absolute atomic E-state index is 0.128. The molecule has 1 aromatic rings. The molecule has 0 aliphatic carbocycles. The first-order valence-corrected chi connectivity index (χ1v) is 7.00. The Morgan fingerprint density at radius 1 is 1.35 bits per heavy atom. The number of ether oxygens (including phenoxy) is 2. The van der Waals surface area contributed by atoms with Crippen LogP contribution in [0.25, 0.3) is 0 Å². The standard InChI is InChI=1S/C14H15ClFNO3/c15-12-8-10(16)2-3-11(12)13(18)17-5-1-4-14(9-17)19-6-7-20-14/h2-3,8H,1,4-7,9H2. The number of carbonyl (C=O) groups is 1. The first-order valence-electron chi connectivity index (χ1n) is 6.62. The summed E-state index contributed by atoms with van der Waals surface area (Å²) in [6, 6.07) is 3.80. The molecule has 0 unspecified atom stereocenters. The summed E-state index contributed by atoms with van der Waals surface area (Å²) in [5, 5.41) is 0.128. The van der Waals surface area contributed by atoms with Crippen molar-refractivity contribution in [1.29, 1.82) is 0 Å². The zero-order chi connectivity index (χ0) is 14.2. The number of halogens is 2. The summed E-state index contributed by atoms with van der Waals surface area (Å²) in [5.74, 6) is -1.34. The maximum Gasteiger partial charge on any atom is 0.255 e. The molecule has 0 atom stereocenters. The lowest BCUT2D eigenvalue weighted by atomic mass is 10.0. The van der Waals surface area contributed by atoms with Crippen molar-refractivity contribution < 1.29 is 18.7 Å². The van der Waals surface area contributed by atoms with Crippen molar-refractivity contribution in [2.75, 3.05) is 26.3 Å². The number of hydrogen-bond acceptors (Lipinski definition) is 3. The lowest BCUT2D eigenvalue weighted by molar-refractivity contribution is -0.183. The number of rotatable bonds is 1. The molecule has 108 valence electrons. The van der Waals surface area contributed by atoms with E-state index >= 15 is 0 Å². The van der Waals surface area contributed by atoms with Gasteiger partial charge in [-0.15, -0.1) is 0 Å². The third-order valence-electron chi connectivity index (χ3n) is 3.68. The number of hydrogen-bond donors (Lipinski definition) is 0. The molecule has 20 heavy (non-hydrogen) atoms. The van der Waals surface area contributed by atoms with Gasteiger partial charge in [-0.1, -0.05) is 11.6 Å². The maximum absolute atomic E-state index is 13.0. The second-order valence-corrected chi connectivity index (χ2v) is 5.47. The van der Waals surface area contributed by atoms with Crippen LogP contribution < -0.4 is 0 Å². The van der Waals surface area contributed by atoms with E-state index in [2.05, 4.69) is 0 Å². The van der Waals surface area contributed by atoms with Crippen molar-refractivity contribution in [3.63, 3.8) is 0 Å². The summed E-state index contributed by atoms with van der Waals surface area (Å²) < 4.78 is 24.3. The van der Waals surface area contributed by atoms with Crippen molar-refractivity contribution in [3.05, 3.63) is 34.6 Å². The predicted molar refractivity (Wildman–Crippen MR) is 71.2 cm³/mol. The molecule has 4 nitrogen and oxygen atoms in total. The number of piperidine rings is 1. The minimum atomic E-state index is -0.666. The van der Waals surface area contributed by atoms with Gasteiger partial charge < -0.3 is 14.4 Å². The highest BCUT2D eigenvalue weighted by molar-refractivity contribution is 6.33. The zero-order valence-corrected chi connectivity index (χ0v) is 11.7. The van der Waals surface area contributed by atoms with Crippen molar-refractivity contribution in [3.8, 4) is 0 Å². The van der Waals surface area contributed by atoms with E-state index in [4.69, 9.17) is 21.1 Å². The summed E-state index contributed by atoms with van der Waals surface area (Å²) in [6.45, 7) is 2.12. The lowest BCUT2D eigenvalue weighted by Crippen LogP contribution is -2.51. The first-order chi connectivity index (χ1) is 9.60. The molecule has 2 saturated heterocycles. The second-order valence-electron chi connectivity index (χ2n) is 5.06. The molecule has 2 aliphatic rings. The van der Waals surface area contributed by atoms with Crippen LogP contribution in [-0.4, -0.2) is 42.9 Å². The number of nitrogens with zero attached hydrogens (tertiary/aromatic N) is 1. The topological polar surface area (TPSA) is 38.8 Å². The van der Waals surface area contributed by atoms with Gasteiger partial charge in [-0.05, 0) is 24.6 Å². The average molecular weight is 300 g/mol. The maximum atomic E-state index is 13.0. The third-order valence-corrected chi connectivity index (χ3v) is 3.99. The fraction of sp³-hybridized carbons (Fsp3) is 0.500. The third kappa shape index (κ3) is 2.53. The van der Waals surface area contributed by atoms with Crippen LogP contribution in [0.5, 0.6) is 0 Å². The van der Waals surface area contributed by atoms with Crippen LogP contribution in [0.2, 0.25) is 5.02 Å². The Morgan fingerprint density at radius 3 is 2.80 bits per heavy atom. The Bertz CT molecular complexity index is 531. The highest BCUT2D eigenvalue weighted by Crippen LogP contribution is 2.31. The van der Waals surface area contributed by atoms with Crippen LogP contribution in [0.3, 0.4) is 0 Å². The van der Waals surface area contributed by atoms with Crippen molar-refractivity contribution in [2.24, 2.45) is 0 Å². The van der Waals surface area contributed by atoms with Crippen molar-refractivity contribution in [2.45, 2.75) is 18.6 Å². The highest BCUT2D eigenvalue weighted by Gasteiger charge is 2.42. The molecule has 6 heteroatoms. The van der Waals surface area contributed by atoms with Crippen LogP contribution >= 0.6 is 11.6 Å². The van der Waals surface area contributed by atoms with Gasteiger partial charge >= 0.3 is 0 Å². The number of carbonyl (C=O) groups excluding carboxylic acids is 1. The second kappa shape index (κ2) is 5.31. The molecule has 2 aliphatic heterocycles. The Balaban J connectivity index is 1.79. The van der Waals surface area contributed by atoms with Crippen molar-refractivity contribution >= 4 is 17.5 Å². The quantitative estimate of drug-likeness (QED) is 0.799. The largest absolute Gasteiger partial charge is 0.346 e. The minimum Gasteiger partial charge on any atom is -0.346 e. The molecule has 0 radical (unpaired) electrons. The molecular weight excluding hydrogens is 285 g/mol. The SMILES string of the molecule is O=C(c1ccc(F)cc1Cl)N1CCCC2(C1)OCCO2. The molecule has 0 bridgehead atoms. The van der Waals surface area contributed by atoms with Gasteiger partial charge in [-0.3, -0.25) is 4.79 Å². The summed E-state index contributed by atoms with van der Waals surface area (Å²) in [6.07, 6.45) is 1.60. The Hall–Kier alpha value is -1.17. The molecule has 0 aromatic heterocycles. The van der Waals surface area contributed by atoms with Gasteiger partial charge in [0, 0.05) is 13.0 Å². The van der Waals surface area contributed by atoms with E-state index in [1.165, 1.54) is 12.1 Å². The van der Waals surface area contributed by atoms with Gasteiger partial charge in [-0.25, -0.2) is 4.39 Å². The summed E-state index contributed by atoms with van der Waals surface area (Å²) in [4.78, 5) is 14.1. The smallest absolute Gasteiger partial charge is 0.255 e. The van der Waals surface area contributed by atoms with E-state index in [1.54, 1.807) is 4.90 Å². The zero-order valence-electron chi connectivity index (χ0n) is 10.9. The van der Waals surface area contributed by atoms with E-state index in [0.29, 0.717) is 31.9 Å². The first kappa shape index (κ1) is 13.8. The molecule has 2 heterocycles. The summed E-state index contributed by atoms with van der Waals surface area (Å²) in [5.41, 5.74) is 0.308. The van der Waals surface area contributed by atoms with Crippen LogP contribution in [0.1, 0.15) is 23.2 Å². The molecule has 0 N–H and O–H groups in total. The van der Waals surface area contributed by atoms with E-state index in [-0.39, 0.29) is 10.9 Å². The highest BCUT2D eigenvalue weighted by atomic mass is 35.5. The van der Waals surface area contributed by atoms with Gasteiger partial charge in [0.1, 0.15) is 5.82 Å². The Labute approximate surface area is 121 Å². The molecule has 3 rings (SSSR count). The van der Waals surface area contributed by atoms with Crippen LogP contribution in [-0.2, 0) is 9.47 Å². The van der Waals surface area contributed by atoms with Crippen LogP contribution in [0.4, 0.5) is 4.39 Å². The van der Waals surface area contributed by atoms with E-state index in [1.807, 2.05) is 0 Å². The fourth-order valence-electron chi connectivity index (χ4n) is 2.73. The molecule has 0 saturated carbocycles. The van der Waals surface area contributed by atoms with Gasteiger partial charge in [0.15, 0.2) is 5.79 Å². The molecule has 1 spiro atoms. The number of likely N-dealkylation sites (tertiary alicyclic amines) is 1.